The third kappa shape index (κ3) is 1.69. The highest BCUT2D eigenvalue weighted by atomic mass is 19.1. The van der Waals surface area contributed by atoms with Gasteiger partial charge in [0.25, 0.3) is 0 Å². The Balaban J connectivity index is 1.86. The Morgan fingerprint density at radius 3 is 2.81 bits per heavy atom. The maximum Gasteiger partial charge on any atom is 0.123 e. The first kappa shape index (κ1) is 10.1. The average Bonchev–Trinajstić information content (AvgIpc) is 2.73. The number of halogens is 1. The van der Waals surface area contributed by atoms with Crippen molar-refractivity contribution >= 4 is 5.69 Å². The lowest BCUT2D eigenvalue weighted by atomic mass is 9.82. The SMILES string of the molecule is Fc1ccc2c(c1)C(C1CCNCC1)CN2. The maximum atomic E-state index is 13.3. The van der Waals surface area contributed by atoms with Gasteiger partial charge in [0.15, 0.2) is 0 Å². The van der Waals surface area contributed by atoms with Crippen molar-refractivity contribution in [3.05, 3.63) is 29.6 Å². The minimum atomic E-state index is -0.110. The first-order chi connectivity index (χ1) is 7.84. The molecule has 3 rings (SSSR count). The smallest absolute Gasteiger partial charge is 0.123 e. The van der Waals surface area contributed by atoms with Gasteiger partial charge < -0.3 is 10.6 Å². The van der Waals surface area contributed by atoms with Crippen molar-refractivity contribution in [1.29, 1.82) is 0 Å². The molecule has 0 amide bonds. The second-order valence-corrected chi connectivity index (χ2v) is 4.81. The Hall–Kier alpha value is -1.09. The molecule has 1 aromatic carbocycles. The molecular weight excluding hydrogens is 203 g/mol. The molecule has 0 aromatic heterocycles. The monoisotopic (exact) mass is 220 g/mol. The summed E-state index contributed by atoms with van der Waals surface area (Å²) in [7, 11) is 0. The van der Waals surface area contributed by atoms with E-state index in [1.54, 1.807) is 6.07 Å². The summed E-state index contributed by atoms with van der Waals surface area (Å²) in [6.45, 7) is 3.18. The fourth-order valence-electron chi connectivity index (χ4n) is 3.00. The summed E-state index contributed by atoms with van der Waals surface area (Å²) in [6, 6.07) is 5.12. The molecule has 16 heavy (non-hydrogen) atoms. The summed E-state index contributed by atoms with van der Waals surface area (Å²) in [6.07, 6.45) is 2.42. The molecule has 2 heterocycles. The highest BCUT2D eigenvalue weighted by Gasteiger charge is 2.30. The van der Waals surface area contributed by atoms with Crippen molar-refractivity contribution < 1.29 is 4.39 Å². The lowest BCUT2D eigenvalue weighted by Gasteiger charge is -2.28. The first-order valence-electron chi connectivity index (χ1n) is 6.08. The van der Waals surface area contributed by atoms with E-state index in [4.69, 9.17) is 0 Å². The van der Waals surface area contributed by atoms with Crippen molar-refractivity contribution in [2.45, 2.75) is 18.8 Å². The molecule has 0 spiro atoms. The zero-order chi connectivity index (χ0) is 11.0. The standard InChI is InChI=1S/C13H17FN2/c14-10-1-2-13-11(7-10)12(8-16-13)9-3-5-15-6-4-9/h1-2,7,9,12,15-16H,3-6,8H2. The van der Waals surface area contributed by atoms with E-state index in [0.29, 0.717) is 11.8 Å². The van der Waals surface area contributed by atoms with E-state index in [0.717, 1.165) is 25.3 Å². The van der Waals surface area contributed by atoms with Gasteiger partial charge >= 0.3 is 0 Å². The van der Waals surface area contributed by atoms with E-state index in [1.807, 2.05) is 6.07 Å². The molecule has 1 aromatic rings. The zero-order valence-corrected chi connectivity index (χ0v) is 9.30. The Morgan fingerprint density at radius 2 is 2.00 bits per heavy atom. The van der Waals surface area contributed by atoms with Crippen LogP contribution in [0.4, 0.5) is 10.1 Å². The number of rotatable bonds is 1. The fraction of sp³-hybridized carbons (Fsp3) is 0.538. The molecule has 1 unspecified atom stereocenters. The number of benzene rings is 1. The third-order valence-electron chi connectivity index (χ3n) is 3.88. The highest BCUT2D eigenvalue weighted by Crippen LogP contribution is 2.39. The van der Waals surface area contributed by atoms with Gasteiger partial charge in [-0.3, -0.25) is 0 Å². The van der Waals surface area contributed by atoms with Crippen molar-refractivity contribution in [3.63, 3.8) is 0 Å². The molecule has 0 radical (unpaired) electrons. The minimum Gasteiger partial charge on any atom is -0.384 e. The summed E-state index contributed by atoms with van der Waals surface area (Å²) >= 11 is 0. The second-order valence-electron chi connectivity index (χ2n) is 4.81. The van der Waals surface area contributed by atoms with Gasteiger partial charge in [0.1, 0.15) is 5.82 Å². The Bertz CT molecular complexity index is 386. The minimum absolute atomic E-state index is 0.110. The molecular formula is C13H17FN2. The summed E-state index contributed by atoms with van der Waals surface area (Å²) < 4.78 is 13.3. The van der Waals surface area contributed by atoms with Gasteiger partial charge in [-0.25, -0.2) is 4.39 Å². The van der Waals surface area contributed by atoms with Crippen LogP contribution in [0.3, 0.4) is 0 Å². The topological polar surface area (TPSA) is 24.1 Å². The van der Waals surface area contributed by atoms with E-state index in [1.165, 1.54) is 24.5 Å². The normalized spacial score (nSPS) is 25.2. The van der Waals surface area contributed by atoms with Crippen LogP contribution in [0.2, 0.25) is 0 Å². The van der Waals surface area contributed by atoms with E-state index in [2.05, 4.69) is 10.6 Å². The quantitative estimate of drug-likeness (QED) is 0.759. The second kappa shape index (κ2) is 4.06. The molecule has 1 saturated heterocycles. The number of hydrogen-bond acceptors (Lipinski definition) is 2. The number of fused-ring (bicyclic) bond motifs is 1. The maximum absolute atomic E-state index is 13.3. The van der Waals surface area contributed by atoms with Crippen molar-refractivity contribution in [1.82, 2.24) is 5.32 Å². The van der Waals surface area contributed by atoms with Gasteiger partial charge in [-0.2, -0.15) is 0 Å². The first-order valence-corrected chi connectivity index (χ1v) is 6.08. The summed E-state index contributed by atoms with van der Waals surface area (Å²) in [5.41, 5.74) is 2.32. The molecule has 0 bridgehead atoms. The molecule has 2 aliphatic rings. The van der Waals surface area contributed by atoms with Gasteiger partial charge in [0.2, 0.25) is 0 Å². The van der Waals surface area contributed by atoms with E-state index in [9.17, 15) is 4.39 Å². The van der Waals surface area contributed by atoms with Gasteiger partial charge in [-0.05, 0) is 55.6 Å². The summed E-state index contributed by atoms with van der Waals surface area (Å²) in [5.74, 6) is 1.10. The lowest BCUT2D eigenvalue weighted by Crippen LogP contribution is -2.31. The number of anilines is 1. The zero-order valence-electron chi connectivity index (χ0n) is 9.30. The van der Waals surface area contributed by atoms with Crippen LogP contribution in [-0.4, -0.2) is 19.6 Å². The lowest BCUT2D eigenvalue weighted by molar-refractivity contribution is 0.330. The van der Waals surface area contributed by atoms with Crippen LogP contribution in [0, 0.1) is 11.7 Å². The number of nitrogens with one attached hydrogen (secondary N) is 2. The molecule has 1 fully saturated rings. The van der Waals surface area contributed by atoms with Crippen molar-refractivity contribution in [2.75, 3.05) is 25.0 Å². The van der Waals surface area contributed by atoms with E-state index < -0.39 is 0 Å². The summed E-state index contributed by atoms with van der Waals surface area (Å²) in [5, 5.41) is 6.77. The average molecular weight is 220 g/mol. The van der Waals surface area contributed by atoms with Gasteiger partial charge in [-0.1, -0.05) is 0 Å². The van der Waals surface area contributed by atoms with Gasteiger partial charge in [-0.15, -0.1) is 0 Å². The van der Waals surface area contributed by atoms with Gasteiger partial charge in [0.05, 0.1) is 0 Å². The molecule has 2 N–H and O–H groups in total. The van der Waals surface area contributed by atoms with Crippen LogP contribution in [0.5, 0.6) is 0 Å². The summed E-state index contributed by atoms with van der Waals surface area (Å²) in [4.78, 5) is 0. The van der Waals surface area contributed by atoms with Crippen LogP contribution in [0.25, 0.3) is 0 Å². The number of hydrogen-bond donors (Lipinski definition) is 2. The predicted molar refractivity (Wildman–Crippen MR) is 63.2 cm³/mol. The van der Waals surface area contributed by atoms with Crippen molar-refractivity contribution in [2.24, 2.45) is 5.92 Å². The molecule has 86 valence electrons. The molecule has 0 aliphatic carbocycles. The van der Waals surface area contributed by atoms with Crippen LogP contribution < -0.4 is 10.6 Å². The Labute approximate surface area is 95.2 Å². The van der Waals surface area contributed by atoms with Crippen molar-refractivity contribution in [3.8, 4) is 0 Å². The fourth-order valence-corrected chi connectivity index (χ4v) is 3.00. The van der Waals surface area contributed by atoms with Crippen LogP contribution >= 0.6 is 0 Å². The molecule has 3 heteroatoms. The third-order valence-corrected chi connectivity index (χ3v) is 3.88. The van der Waals surface area contributed by atoms with E-state index in [-0.39, 0.29) is 5.82 Å². The van der Waals surface area contributed by atoms with E-state index >= 15 is 0 Å². The van der Waals surface area contributed by atoms with Crippen LogP contribution in [-0.2, 0) is 0 Å². The Morgan fingerprint density at radius 1 is 1.19 bits per heavy atom. The largest absolute Gasteiger partial charge is 0.384 e. The Kier molecular flexibility index (Phi) is 2.56. The van der Waals surface area contributed by atoms with Crippen LogP contribution in [0.1, 0.15) is 24.3 Å². The number of piperidine rings is 1. The molecule has 1 atom stereocenters. The van der Waals surface area contributed by atoms with Gasteiger partial charge in [0, 0.05) is 18.2 Å². The highest BCUT2D eigenvalue weighted by molar-refractivity contribution is 5.58. The molecule has 2 aliphatic heterocycles. The molecule has 0 saturated carbocycles. The predicted octanol–water partition coefficient (Wildman–Crippen LogP) is 2.33. The molecule has 2 nitrogen and oxygen atoms in total. The van der Waals surface area contributed by atoms with Crippen LogP contribution in [0.15, 0.2) is 18.2 Å².